The van der Waals surface area contributed by atoms with Crippen molar-refractivity contribution >= 4 is 24.6 Å². The largest absolute Gasteiger partial charge is 0.279 e. The summed E-state index contributed by atoms with van der Waals surface area (Å²) in [5.41, 5.74) is 3.97. The van der Waals surface area contributed by atoms with E-state index in [2.05, 4.69) is 11.1 Å². The van der Waals surface area contributed by atoms with Crippen LogP contribution in [-0.4, -0.2) is 4.98 Å². The normalized spacial score (nSPS) is 15.2. The molecule has 0 saturated carbocycles. The fourth-order valence-corrected chi connectivity index (χ4v) is 2.81. The summed E-state index contributed by atoms with van der Waals surface area (Å²) in [7, 11) is 0.572. The van der Waals surface area contributed by atoms with E-state index in [1.54, 1.807) is 0 Å². The molecule has 0 unspecified atom stereocenters. The van der Waals surface area contributed by atoms with E-state index in [0.717, 1.165) is 10.8 Å². The Hall–Kier alpha value is -1.27. The van der Waals surface area contributed by atoms with E-state index in [-0.39, 0.29) is 0 Å². The molecule has 0 spiro atoms. The van der Waals surface area contributed by atoms with Gasteiger partial charge in [0.1, 0.15) is 0 Å². The Morgan fingerprint density at radius 1 is 1.19 bits per heavy atom. The fourth-order valence-electron chi connectivity index (χ4n) is 2.48. The van der Waals surface area contributed by atoms with Gasteiger partial charge in [0.2, 0.25) is 0 Å². The highest BCUT2D eigenvalue weighted by Crippen LogP contribution is 2.27. The second-order valence-electron chi connectivity index (χ2n) is 4.28. The average Bonchev–Trinajstić information content (AvgIpc) is 2.38. The van der Waals surface area contributed by atoms with Gasteiger partial charge in [-0.05, 0) is 48.9 Å². The minimum atomic E-state index is 0.572. The third-order valence-electron chi connectivity index (χ3n) is 3.31. The van der Waals surface area contributed by atoms with Gasteiger partial charge in [-0.1, -0.05) is 6.07 Å². The van der Waals surface area contributed by atoms with Crippen LogP contribution in [0.1, 0.15) is 24.0 Å². The molecule has 0 bridgehead atoms. The van der Waals surface area contributed by atoms with Crippen LogP contribution in [0, 0.1) is 5.16 Å². The molecule has 1 aromatic heterocycles. The summed E-state index contributed by atoms with van der Waals surface area (Å²) in [6, 6.07) is 6.23. The lowest BCUT2D eigenvalue weighted by Crippen LogP contribution is -2.05. The molecule has 80 valence electrons. The van der Waals surface area contributed by atoms with Gasteiger partial charge in [0, 0.05) is 25.3 Å². The zero-order valence-corrected chi connectivity index (χ0v) is 9.93. The summed E-state index contributed by atoms with van der Waals surface area (Å²) >= 11 is 0. The first kappa shape index (κ1) is 9.92. The van der Waals surface area contributed by atoms with Crippen molar-refractivity contribution < 1.29 is 0 Å². The van der Waals surface area contributed by atoms with Crippen LogP contribution < -0.4 is 5.30 Å². The second-order valence-corrected chi connectivity index (χ2v) is 5.02. The number of aromatic nitrogens is 1. The van der Waals surface area contributed by atoms with Crippen molar-refractivity contribution in [3.63, 3.8) is 0 Å². The maximum atomic E-state index is 7.35. The number of fused-ring (bicyclic) bond motifs is 3. The second kappa shape index (κ2) is 3.95. The van der Waals surface area contributed by atoms with E-state index < -0.39 is 0 Å². The average molecular weight is 228 g/mol. The molecule has 2 aromatic rings. The molecule has 3 rings (SSSR count). The minimum Gasteiger partial charge on any atom is -0.279 e. The smallest absolute Gasteiger partial charge is 0.0714 e. The maximum Gasteiger partial charge on any atom is 0.0714 e. The summed E-state index contributed by atoms with van der Waals surface area (Å²) in [6.07, 6.45) is 6.98. The van der Waals surface area contributed by atoms with Gasteiger partial charge in [-0.2, -0.15) is 0 Å². The molecule has 0 amide bonds. The van der Waals surface area contributed by atoms with Crippen LogP contribution in [0.15, 0.2) is 24.4 Å². The molecule has 16 heavy (non-hydrogen) atoms. The zero-order chi connectivity index (χ0) is 11.0. The summed E-state index contributed by atoms with van der Waals surface area (Å²) in [5.74, 6) is 0. The summed E-state index contributed by atoms with van der Waals surface area (Å²) < 4.78 is 0. The van der Waals surface area contributed by atoms with Crippen LogP contribution >= 0.6 is 8.37 Å². The van der Waals surface area contributed by atoms with E-state index in [1.165, 1.54) is 42.2 Å². The molecule has 3 heteroatoms. The van der Waals surface area contributed by atoms with Gasteiger partial charge in [-0.15, -0.1) is 0 Å². The van der Waals surface area contributed by atoms with Crippen molar-refractivity contribution in [1.82, 2.24) is 4.98 Å². The van der Waals surface area contributed by atoms with Crippen molar-refractivity contribution in [2.75, 3.05) is 0 Å². The minimum absolute atomic E-state index is 0.572. The first-order valence-corrected chi connectivity index (χ1v) is 6.56. The molecule has 1 aliphatic rings. The fraction of sp³-hybridized carbons (Fsp3) is 0.308. The molecule has 0 saturated heterocycles. The number of aryl methyl sites for hydroxylation is 2. The zero-order valence-electron chi connectivity index (χ0n) is 9.03. The van der Waals surface area contributed by atoms with Gasteiger partial charge in [0.05, 0.1) is 5.52 Å². The number of rotatable bonds is 1. The van der Waals surface area contributed by atoms with Crippen molar-refractivity contribution in [2.45, 2.75) is 25.7 Å². The highest BCUT2D eigenvalue weighted by atomic mass is 31.1. The first-order valence-electron chi connectivity index (χ1n) is 5.66. The molecular formula is C13H13N2P. The van der Waals surface area contributed by atoms with Gasteiger partial charge in [0.25, 0.3) is 0 Å². The Morgan fingerprint density at radius 2 is 2.06 bits per heavy atom. The lowest BCUT2D eigenvalue weighted by Gasteiger charge is -2.17. The molecule has 0 atom stereocenters. The number of nitrogens with one attached hydrogen (secondary N) is 1. The topological polar surface area (TPSA) is 36.7 Å². The Morgan fingerprint density at radius 3 is 2.94 bits per heavy atom. The number of benzene rings is 1. The molecule has 0 fully saturated rings. The quantitative estimate of drug-likeness (QED) is 0.746. The molecule has 1 N–H and O–H groups in total. The van der Waals surface area contributed by atoms with Crippen LogP contribution in [0.3, 0.4) is 0 Å². The lowest BCUT2D eigenvalue weighted by molar-refractivity contribution is 0.687. The van der Waals surface area contributed by atoms with Crippen molar-refractivity contribution in [2.24, 2.45) is 0 Å². The lowest BCUT2D eigenvalue weighted by atomic mass is 9.90. The number of pyridine rings is 1. The Kier molecular flexibility index (Phi) is 2.45. The SMILES string of the molecule is N=Pc1ccc2c3c(cnc2c1)CCCC3. The van der Waals surface area contributed by atoms with Crippen molar-refractivity contribution in [3.8, 4) is 0 Å². The van der Waals surface area contributed by atoms with Crippen molar-refractivity contribution in [1.29, 1.82) is 5.16 Å². The van der Waals surface area contributed by atoms with Gasteiger partial charge < -0.3 is 0 Å². The highest BCUT2D eigenvalue weighted by Gasteiger charge is 2.12. The molecule has 0 radical (unpaired) electrons. The molecule has 2 nitrogen and oxygen atoms in total. The summed E-state index contributed by atoms with van der Waals surface area (Å²) in [4.78, 5) is 4.52. The Labute approximate surface area is 96.4 Å². The van der Waals surface area contributed by atoms with Crippen molar-refractivity contribution in [3.05, 3.63) is 35.5 Å². The highest BCUT2D eigenvalue weighted by molar-refractivity contribution is 7.35. The van der Waals surface area contributed by atoms with Crippen LogP contribution in [-0.2, 0) is 12.8 Å². The van der Waals surface area contributed by atoms with Crippen LogP contribution in [0.4, 0.5) is 0 Å². The van der Waals surface area contributed by atoms with Gasteiger partial charge in [0.15, 0.2) is 0 Å². The first-order chi connectivity index (χ1) is 7.88. The standard InChI is InChI=1S/C13H13N2P/c14-16-10-5-6-12-11-4-2-1-3-9(11)8-15-13(12)7-10/h5-8,14H,1-4H2. The molecule has 1 aliphatic carbocycles. The van der Waals surface area contributed by atoms with Crippen LogP contribution in [0.2, 0.25) is 0 Å². The van der Waals surface area contributed by atoms with E-state index in [4.69, 9.17) is 5.16 Å². The monoisotopic (exact) mass is 228 g/mol. The predicted octanol–water partition coefficient (Wildman–Crippen LogP) is 3.45. The maximum absolute atomic E-state index is 7.35. The van der Waals surface area contributed by atoms with Gasteiger partial charge in [-0.25, -0.2) is 0 Å². The molecule has 0 aliphatic heterocycles. The van der Waals surface area contributed by atoms with Crippen LogP contribution in [0.5, 0.6) is 0 Å². The molecule has 1 aromatic carbocycles. The predicted molar refractivity (Wildman–Crippen MR) is 67.7 cm³/mol. The summed E-state index contributed by atoms with van der Waals surface area (Å²) in [6.45, 7) is 0. The number of hydrogen-bond acceptors (Lipinski definition) is 2. The number of nitrogens with zero attached hydrogens (tertiary/aromatic N) is 1. The van der Waals surface area contributed by atoms with Crippen LogP contribution in [0.25, 0.3) is 10.9 Å². The summed E-state index contributed by atoms with van der Waals surface area (Å²) in [5, 5.41) is 9.67. The Balaban J connectivity index is 2.28. The van der Waals surface area contributed by atoms with Gasteiger partial charge >= 0.3 is 0 Å². The molecular weight excluding hydrogens is 215 g/mol. The Bertz CT molecular complexity index is 563. The third kappa shape index (κ3) is 1.54. The van der Waals surface area contributed by atoms with E-state index in [9.17, 15) is 0 Å². The molecule has 1 heterocycles. The van der Waals surface area contributed by atoms with Gasteiger partial charge in [-0.3, -0.25) is 10.1 Å². The number of hydrogen-bond donors (Lipinski definition) is 1. The van der Waals surface area contributed by atoms with E-state index >= 15 is 0 Å². The van der Waals surface area contributed by atoms with E-state index in [1.807, 2.05) is 18.3 Å². The third-order valence-corrected chi connectivity index (χ3v) is 3.84. The van der Waals surface area contributed by atoms with E-state index in [0.29, 0.717) is 8.37 Å².